The van der Waals surface area contributed by atoms with Gasteiger partial charge in [-0.1, -0.05) is 0 Å². The van der Waals surface area contributed by atoms with Crippen LogP contribution in [0.1, 0.15) is 20.8 Å². The van der Waals surface area contributed by atoms with E-state index in [1.807, 2.05) is 20.8 Å². The first-order chi connectivity index (χ1) is 6.89. The highest BCUT2D eigenvalue weighted by molar-refractivity contribution is 5.67. The zero-order valence-electron chi connectivity index (χ0n) is 10.0. The van der Waals surface area contributed by atoms with Crippen LogP contribution >= 0.6 is 0 Å². The molecule has 1 unspecified atom stereocenters. The lowest BCUT2D eigenvalue weighted by molar-refractivity contribution is 0.0508. The van der Waals surface area contributed by atoms with E-state index in [1.165, 1.54) is 0 Å². The lowest BCUT2D eigenvalue weighted by atomic mass is 10.1. The van der Waals surface area contributed by atoms with Crippen LogP contribution in [0.2, 0.25) is 0 Å². The van der Waals surface area contributed by atoms with Crippen LogP contribution in [0.3, 0.4) is 0 Å². The molecule has 90 valence electrons. The normalized spacial score (nSPS) is 13.4. The minimum Gasteiger partial charge on any atom is -0.444 e. The molecule has 5 heteroatoms. The number of alkyl carbamates (subject to hydrolysis) is 1. The van der Waals surface area contributed by atoms with Crippen molar-refractivity contribution < 1.29 is 14.3 Å². The molecule has 0 radical (unpaired) electrons. The first-order valence-electron chi connectivity index (χ1n) is 5.05. The molecule has 0 aromatic carbocycles. The van der Waals surface area contributed by atoms with Gasteiger partial charge in [0.25, 0.3) is 0 Å². The SMILES string of the molecule is COCC(CN)CNC(=O)OC(C)(C)C. The second-order valence-electron chi connectivity index (χ2n) is 4.44. The lowest BCUT2D eigenvalue weighted by Gasteiger charge is -2.21. The summed E-state index contributed by atoms with van der Waals surface area (Å²) in [5.41, 5.74) is 5.03. The van der Waals surface area contributed by atoms with Crippen molar-refractivity contribution >= 4 is 6.09 Å². The van der Waals surface area contributed by atoms with Crippen molar-refractivity contribution in [3.63, 3.8) is 0 Å². The third-order valence-electron chi connectivity index (χ3n) is 1.67. The van der Waals surface area contributed by atoms with Gasteiger partial charge in [-0.05, 0) is 27.3 Å². The van der Waals surface area contributed by atoms with Crippen LogP contribution in [0.15, 0.2) is 0 Å². The van der Waals surface area contributed by atoms with E-state index >= 15 is 0 Å². The summed E-state index contributed by atoms with van der Waals surface area (Å²) < 4.78 is 10.0. The Hall–Kier alpha value is -0.810. The van der Waals surface area contributed by atoms with Crippen molar-refractivity contribution in [1.29, 1.82) is 0 Å². The Kier molecular flexibility index (Phi) is 6.27. The monoisotopic (exact) mass is 218 g/mol. The summed E-state index contributed by atoms with van der Waals surface area (Å²) in [5, 5.41) is 2.65. The van der Waals surface area contributed by atoms with Crippen molar-refractivity contribution in [3.05, 3.63) is 0 Å². The van der Waals surface area contributed by atoms with Crippen molar-refractivity contribution in [2.24, 2.45) is 11.7 Å². The summed E-state index contributed by atoms with van der Waals surface area (Å²) in [4.78, 5) is 11.3. The molecule has 0 aliphatic carbocycles. The van der Waals surface area contributed by atoms with Gasteiger partial charge in [0.15, 0.2) is 0 Å². The zero-order valence-corrected chi connectivity index (χ0v) is 10.0. The van der Waals surface area contributed by atoms with Gasteiger partial charge in [-0.25, -0.2) is 4.79 Å². The first kappa shape index (κ1) is 14.2. The van der Waals surface area contributed by atoms with Crippen LogP contribution in [-0.4, -0.2) is 38.5 Å². The van der Waals surface area contributed by atoms with E-state index < -0.39 is 11.7 Å². The third kappa shape index (κ3) is 8.20. The van der Waals surface area contributed by atoms with Crippen molar-refractivity contribution in [1.82, 2.24) is 5.32 Å². The van der Waals surface area contributed by atoms with Crippen LogP contribution in [0.4, 0.5) is 4.79 Å². The molecule has 0 rings (SSSR count). The number of nitrogens with one attached hydrogen (secondary N) is 1. The number of carbonyl (C=O) groups is 1. The predicted octanol–water partition coefficient (Wildman–Crippen LogP) is 0.732. The number of hydrogen-bond acceptors (Lipinski definition) is 4. The smallest absolute Gasteiger partial charge is 0.407 e. The summed E-state index contributed by atoms with van der Waals surface area (Å²) in [6.45, 7) is 6.95. The van der Waals surface area contributed by atoms with Crippen molar-refractivity contribution in [2.45, 2.75) is 26.4 Å². The second kappa shape index (κ2) is 6.63. The number of hydrogen-bond donors (Lipinski definition) is 2. The fourth-order valence-corrected chi connectivity index (χ4v) is 0.988. The van der Waals surface area contributed by atoms with Crippen LogP contribution in [0, 0.1) is 5.92 Å². The average Bonchev–Trinajstić information content (AvgIpc) is 2.09. The topological polar surface area (TPSA) is 73.6 Å². The number of amides is 1. The predicted molar refractivity (Wildman–Crippen MR) is 58.7 cm³/mol. The quantitative estimate of drug-likeness (QED) is 0.713. The van der Waals surface area contributed by atoms with Gasteiger partial charge in [-0.3, -0.25) is 0 Å². The Morgan fingerprint density at radius 2 is 2.07 bits per heavy atom. The molecule has 0 heterocycles. The largest absolute Gasteiger partial charge is 0.444 e. The molecular formula is C10H22N2O3. The Morgan fingerprint density at radius 3 is 2.47 bits per heavy atom. The van der Waals surface area contributed by atoms with Gasteiger partial charge in [-0.15, -0.1) is 0 Å². The molecule has 15 heavy (non-hydrogen) atoms. The van der Waals surface area contributed by atoms with E-state index in [4.69, 9.17) is 15.2 Å². The van der Waals surface area contributed by atoms with Crippen LogP contribution in [0.25, 0.3) is 0 Å². The molecule has 1 atom stereocenters. The Bertz CT molecular complexity index is 190. The fraction of sp³-hybridized carbons (Fsp3) is 0.900. The molecule has 0 aromatic rings. The average molecular weight is 218 g/mol. The second-order valence-corrected chi connectivity index (χ2v) is 4.44. The van der Waals surface area contributed by atoms with Crippen molar-refractivity contribution in [2.75, 3.05) is 26.8 Å². The molecule has 1 amide bonds. The lowest BCUT2D eigenvalue weighted by Crippen LogP contribution is -2.38. The van der Waals surface area contributed by atoms with Crippen LogP contribution in [0.5, 0.6) is 0 Å². The Morgan fingerprint density at radius 1 is 1.47 bits per heavy atom. The highest BCUT2D eigenvalue weighted by atomic mass is 16.6. The maximum Gasteiger partial charge on any atom is 0.407 e. The maximum absolute atomic E-state index is 11.3. The maximum atomic E-state index is 11.3. The number of carbonyl (C=O) groups excluding carboxylic acids is 1. The van der Waals surface area contributed by atoms with Gasteiger partial charge in [0.2, 0.25) is 0 Å². The van der Waals surface area contributed by atoms with E-state index in [0.717, 1.165) is 0 Å². The summed E-state index contributed by atoms with van der Waals surface area (Å²) in [6, 6.07) is 0. The highest BCUT2D eigenvalue weighted by Crippen LogP contribution is 2.06. The minimum absolute atomic E-state index is 0.127. The molecule has 0 aromatic heterocycles. The molecule has 0 saturated carbocycles. The minimum atomic E-state index is -0.469. The Balaban J connectivity index is 3.78. The molecule has 0 aliphatic rings. The summed E-state index contributed by atoms with van der Waals surface area (Å²) in [5.74, 6) is 0.127. The molecule has 0 spiro atoms. The molecule has 0 aliphatic heterocycles. The van der Waals surface area contributed by atoms with E-state index in [2.05, 4.69) is 5.32 Å². The number of ether oxygens (including phenoxy) is 2. The summed E-state index contributed by atoms with van der Waals surface area (Å²) in [7, 11) is 1.61. The molecule has 0 fully saturated rings. The molecule has 5 nitrogen and oxygen atoms in total. The zero-order chi connectivity index (χ0) is 11.9. The highest BCUT2D eigenvalue weighted by Gasteiger charge is 2.16. The van der Waals surface area contributed by atoms with E-state index in [0.29, 0.717) is 19.7 Å². The first-order valence-corrected chi connectivity index (χ1v) is 5.05. The van der Waals surface area contributed by atoms with Gasteiger partial charge in [0.05, 0.1) is 6.61 Å². The molecule has 0 bridgehead atoms. The molecule has 3 N–H and O–H groups in total. The summed E-state index contributed by atoms with van der Waals surface area (Å²) in [6.07, 6.45) is -0.419. The third-order valence-corrected chi connectivity index (χ3v) is 1.67. The van der Waals surface area contributed by atoms with E-state index in [9.17, 15) is 4.79 Å². The molecular weight excluding hydrogens is 196 g/mol. The molecule has 0 saturated heterocycles. The van der Waals surface area contributed by atoms with Crippen LogP contribution in [-0.2, 0) is 9.47 Å². The fourth-order valence-electron chi connectivity index (χ4n) is 0.988. The van der Waals surface area contributed by atoms with Gasteiger partial charge < -0.3 is 20.5 Å². The van der Waals surface area contributed by atoms with Crippen LogP contribution < -0.4 is 11.1 Å². The van der Waals surface area contributed by atoms with Gasteiger partial charge in [0.1, 0.15) is 5.60 Å². The van der Waals surface area contributed by atoms with Gasteiger partial charge >= 0.3 is 6.09 Å². The Labute approximate surface area is 91.3 Å². The number of methoxy groups -OCH3 is 1. The van der Waals surface area contributed by atoms with Gasteiger partial charge in [0, 0.05) is 19.6 Å². The standard InChI is InChI=1S/C10H22N2O3/c1-10(2,3)15-9(13)12-6-8(5-11)7-14-4/h8H,5-7,11H2,1-4H3,(H,12,13). The van der Waals surface area contributed by atoms with Crippen molar-refractivity contribution in [3.8, 4) is 0 Å². The van der Waals surface area contributed by atoms with E-state index in [1.54, 1.807) is 7.11 Å². The van der Waals surface area contributed by atoms with Gasteiger partial charge in [-0.2, -0.15) is 0 Å². The summed E-state index contributed by atoms with van der Waals surface area (Å²) >= 11 is 0. The number of nitrogens with two attached hydrogens (primary N) is 1. The number of rotatable bonds is 5. The van der Waals surface area contributed by atoms with E-state index in [-0.39, 0.29) is 5.92 Å².